The predicted molar refractivity (Wildman–Crippen MR) is 86.6 cm³/mol. The summed E-state index contributed by atoms with van der Waals surface area (Å²) in [6.07, 6.45) is 3.56. The maximum Gasteiger partial charge on any atom is 0.125 e. The van der Waals surface area contributed by atoms with Gasteiger partial charge in [-0.2, -0.15) is 0 Å². The minimum Gasteiger partial charge on any atom is -0.488 e. The standard InChI is InChI=1S/C17H21ClN2O/c1-13(2)9-20-11-15-16(18)6-3-7-17(15)21-12-14-5-4-8-19-10-14/h3-8,10,13,20H,9,11-12H2,1-2H3. The third-order valence-corrected chi connectivity index (χ3v) is 3.40. The number of aromatic nitrogens is 1. The highest BCUT2D eigenvalue weighted by Crippen LogP contribution is 2.27. The third-order valence-electron chi connectivity index (χ3n) is 3.05. The van der Waals surface area contributed by atoms with Gasteiger partial charge in [0.05, 0.1) is 0 Å². The lowest BCUT2D eigenvalue weighted by Crippen LogP contribution is -2.19. The van der Waals surface area contributed by atoms with E-state index in [0.717, 1.165) is 28.4 Å². The lowest BCUT2D eigenvalue weighted by atomic mass is 10.1. The van der Waals surface area contributed by atoms with E-state index in [9.17, 15) is 0 Å². The SMILES string of the molecule is CC(C)CNCc1c(Cl)cccc1OCc1cccnc1. The number of nitrogens with zero attached hydrogens (tertiary/aromatic N) is 1. The van der Waals surface area contributed by atoms with E-state index in [0.29, 0.717) is 19.1 Å². The summed E-state index contributed by atoms with van der Waals surface area (Å²) in [6.45, 7) is 6.51. The van der Waals surface area contributed by atoms with Crippen LogP contribution in [0.15, 0.2) is 42.7 Å². The van der Waals surface area contributed by atoms with E-state index in [-0.39, 0.29) is 0 Å². The van der Waals surface area contributed by atoms with Crippen molar-refractivity contribution in [2.24, 2.45) is 5.92 Å². The normalized spacial score (nSPS) is 10.9. The van der Waals surface area contributed by atoms with E-state index in [4.69, 9.17) is 16.3 Å². The molecule has 0 saturated carbocycles. The Morgan fingerprint density at radius 1 is 1.24 bits per heavy atom. The van der Waals surface area contributed by atoms with Gasteiger partial charge in [0, 0.05) is 35.1 Å². The highest BCUT2D eigenvalue weighted by atomic mass is 35.5. The van der Waals surface area contributed by atoms with E-state index >= 15 is 0 Å². The van der Waals surface area contributed by atoms with Gasteiger partial charge in [0.2, 0.25) is 0 Å². The van der Waals surface area contributed by atoms with Gasteiger partial charge in [-0.25, -0.2) is 0 Å². The van der Waals surface area contributed by atoms with Crippen molar-refractivity contribution < 1.29 is 4.74 Å². The summed E-state index contributed by atoms with van der Waals surface area (Å²) in [4.78, 5) is 4.09. The summed E-state index contributed by atoms with van der Waals surface area (Å²) < 4.78 is 5.90. The fourth-order valence-electron chi connectivity index (χ4n) is 1.98. The van der Waals surface area contributed by atoms with Gasteiger partial charge in [-0.1, -0.05) is 37.6 Å². The minimum absolute atomic E-state index is 0.491. The van der Waals surface area contributed by atoms with Crippen molar-refractivity contribution >= 4 is 11.6 Å². The zero-order valence-corrected chi connectivity index (χ0v) is 13.2. The molecule has 0 radical (unpaired) electrons. The zero-order chi connectivity index (χ0) is 15.1. The van der Waals surface area contributed by atoms with Gasteiger partial charge in [-0.05, 0) is 30.7 Å². The molecule has 2 aromatic rings. The first-order valence-electron chi connectivity index (χ1n) is 7.16. The number of halogens is 1. The number of ether oxygens (including phenoxy) is 1. The van der Waals surface area contributed by atoms with Crippen molar-refractivity contribution in [3.63, 3.8) is 0 Å². The van der Waals surface area contributed by atoms with Crippen molar-refractivity contribution in [3.05, 3.63) is 58.9 Å². The molecule has 0 spiro atoms. The Labute approximate surface area is 131 Å². The van der Waals surface area contributed by atoms with E-state index in [2.05, 4.69) is 24.1 Å². The summed E-state index contributed by atoms with van der Waals surface area (Å²) in [6, 6.07) is 9.66. The Morgan fingerprint density at radius 2 is 2.10 bits per heavy atom. The van der Waals surface area contributed by atoms with E-state index < -0.39 is 0 Å². The van der Waals surface area contributed by atoms with Crippen molar-refractivity contribution in [1.82, 2.24) is 10.3 Å². The van der Waals surface area contributed by atoms with E-state index in [1.165, 1.54) is 0 Å². The Kier molecular flexibility index (Phi) is 6.03. The highest BCUT2D eigenvalue weighted by Gasteiger charge is 2.08. The largest absolute Gasteiger partial charge is 0.488 e. The molecule has 1 aromatic carbocycles. The predicted octanol–water partition coefficient (Wildman–Crippen LogP) is 4.06. The van der Waals surface area contributed by atoms with Gasteiger partial charge >= 0.3 is 0 Å². The number of nitrogens with one attached hydrogen (secondary N) is 1. The van der Waals surface area contributed by atoms with Gasteiger partial charge in [0.25, 0.3) is 0 Å². The van der Waals surface area contributed by atoms with Crippen LogP contribution in [-0.2, 0) is 13.2 Å². The van der Waals surface area contributed by atoms with Gasteiger partial charge in [-0.15, -0.1) is 0 Å². The molecule has 0 unspecified atom stereocenters. The molecular weight excluding hydrogens is 284 g/mol. The van der Waals surface area contributed by atoms with Gasteiger partial charge in [-0.3, -0.25) is 4.98 Å². The molecule has 112 valence electrons. The summed E-state index contributed by atoms with van der Waals surface area (Å²) in [5.74, 6) is 1.43. The second kappa shape index (κ2) is 8.01. The number of benzene rings is 1. The molecule has 3 nitrogen and oxygen atoms in total. The van der Waals surface area contributed by atoms with Crippen LogP contribution in [0.25, 0.3) is 0 Å². The summed E-state index contributed by atoms with van der Waals surface area (Å²) >= 11 is 6.29. The Balaban J connectivity index is 2.02. The zero-order valence-electron chi connectivity index (χ0n) is 12.5. The molecule has 0 aliphatic heterocycles. The molecule has 1 aromatic heterocycles. The van der Waals surface area contributed by atoms with Crippen LogP contribution in [0, 0.1) is 5.92 Å². The second-order valence-electron chi connectivity index (χ2n) is 5.39. The van der Waals surface area contributed by atoms with Crippen LogP contribution in [0.2, 0.25) is 5.02 Å². The van der Waals surface area contributed by atoms with Crippen LogP contribution < -0.4 is 10.1 Å². The average Bonchev–Trinajstić information content (AvgIpc) is 2.48. The van der Waals surface area contributed by atoms with Crippen LogP contribution >= 0.6 is 11.6 Å². The number of hydrogen-bond donors (Lipinski definition) is 1. The van der Waals surface area contributed by atoms with Gasteiger partial charge < -0.3 is 10.1 Å². The molecule has 4 heteroatoms. The fourth-order valence-corrected chi connectivity index (χ4v) is 2.21. The van der Waals surface area contributed by atoms with Gasteiger partial charge in [0.1, 0.15) is 12.4 Å². The minimum atomic E-state index is 0.491. The molecule has 0 atom stereocenters. The smallest absolute Gasteiger partial charge is 0.125 e. The van der Waals surface area contributed by atoms with Crippen molar-refractivity contribution in [1.29, 1.82) is 0 Å². The van der Waals surface area contributed by atoms with Crippen LogP contribution in [0.3, 0.4) is 0 Å². The quantitative estimate of drug-likeness (QED) is 0.837. The molecule has 1 N–H and O–H groups in total. The highest BCUT2D eigenvalue weighted by molar-refractivity contribution is 6.31. The molecule has 2 rings (SSSR count). The summed E-state index contributed by atoms with van der Waals surface area (Å²) in [5, 5.41) is 4.14. The number of rotatable bonds is 7. The lowest BCUT2D eigenvalue weighted by molar-refractivity contribution is 0.301. The molecule has 0 aliphatic carbocycles. The first-order valence-corrected chi connectivity index (χ1v) is 7.54. The average molecular weight is 305 g/mol. The topological polar surface area (TPSA) is 34.1 Å². The molecule has 0 aliphatic rings. The van der Waals surface area contributed by atoms with Crippen LogP contribution in [0.4, 0.5) is 0 Å². The number of hydrogen-bond acceptors (Lipinski definition) is 3. The fraction of sp³-hybridized carbons (Fsp3) is 0.353. The lowest BCUT2D eigenvalue weighted by Gasteiger charge is -2.14. The van der Waals surface area contributed by atoms with E-state index in [1.54, 1.807) is 12.4 Å². The first kappa shape index (κ1) is 15.8. The van der Waals surface area contributed by atoms with Crippen molar-refractivity contribution in [2.75, 3.05) is 6.54 Å². The number of pyridine rings is 1. The molecule has 0 saturated heterocycles. The van der Waals surface area contributed by atoms with E-state index in [1.807, 2.05) is 30.3 Å². The maximum absolute atomic E-state index is 6.29. The molecule has 0 fully saturated rings. The Bertz CT molecular complexity index is 558. The van der Waals surface area contributed by atoms with Crippen LogP contribution in [-0.4, -0.2) is 11.5 Å². The Morgan fingerprint density at radius 3 is 2.81 bits per heavy atom. The molecule has 0 amide bonds. The second-order valence-corrected chi connectivity index (χ2v) is 5.80. The maximum atomic E-state index is 6.29. The molecule has 0 bridgehead atoms. The van der Waals surface area contributed by atoms with Gasteiger partial charge in [0.15, 0.2) is 0 Å². The molecule has 21 heavy (non-hydrogen) atoms. The molecule has 1 heterocycles. The molecular formula is C17H21ClN2O. The monoisotopic (exact) mass is 304 g/mol. The first-order chi connectivity index (χ1) is 10.2. The Hall–Kier alpha value is -1.58. The van der Waals surface area contributed by atoms with Crippen molar-refractivity contribution in [3.8, 4) is 5.75 Å². The summed E-state index contributed by atoms with van der Waals surface area (Å²) in [7, 11) is 0. The third kappa shape index (κ3) is 5.03. The summed E-state index contributed by atoms with van der Waals surface area (Å²) in [5.41, 5.74) is 2.04. The van der Waals surface area contributed by atoms with Crippen LogP contribution in [0.1, 0.15) is 25.0 Å². The van der Waals surface area contributed by atoms with Crippen molar-refractivity contribution in [2.45, 2.75) is 27.0 Å². The van der Waals surface area contributed by atoms with Crippen LogP contribution in [0.5, 0.6) is 5.75 Å².